The SMILES string of the molecule is O=C(N[C@H]1CCSc2ccccc21)[C@@H]1CC(=O)N(Cc2ccccc2Cl)C1. The molecule has 2 atom stereocenters. The molecule has 0 spiro atoms. The molecule has 1 N–H and O–H groups in total. The first-order valence-electron chi connectivity index (χ1n) is 9.15. The molecule has 1 saturated heterocycles. The predicted octanol–water partition coefficient (Wildman–Crippen LogP) is 4.04. The van der Waals surface area contributed by atoms with E-state index < -0.39 is 0 Å². The van der Waals surface area contributed by atoms with Crippen LogP contribution in [0.4, 0.5) is 0 Å². The van der Waals surface area contributed by atoms with Crippen molar-refractivity contribution in [2.45, 2.75) is 30.3 Å². The molecule has 1 fully saturated rings. The minimum absolute atomic E-state index is 0.00895. The van der Waals surface area contributed by atoms with Crippen LogP contribution in [0.5, 0.6) is 0 Å². The summed E-state index contributed by atoms with van der Waals surface area (Å²) in [6.07, 6.45) is 1.18. The number of rotatable bonds is 4. The van der Waals surface area contributed by atoms with Crippen molar-refractivity contribution < 1.29 is 9.59 Å². The van der Waals surface area contributed by atoms with Gasteiger partial charge < -0.3 is 10.2 Å². The highest BCUT2D eigenvalue weighted by Crippen LogP contribution is 2.36. The quantitative estimate of drug-likeness (QED) is 0.842. The second kappa shape index (κ2) is 7.95. The van der Waals surface area contributed by atoms with Gasteiger partial charge in [0.25, 0.3) is 0 Å². The van der Waals surface area contributed by atoms with Crippen LogP contribution in [-0.2, 0) is 16.1 Å². The first-order valence-corrected chi connectivity index (χ1v) is 10.5. The summed E-state index contributed by atoms with van der Waals surface area (Å²) in [7, 11) is 0. The Morgan fingerprint density at radius 1 is 1.19 bits per heavy atom. The average molecular weight is 401 g/mol. The van der Waals surface area contributed by atoms with Gasteiger partial charge in [-0.05, 0) is 29.7 Å². The standard InChI is InChI=1S/C21H21ClN2O2S/c22-17-7-3-1-5-14(17)12-24-13-15(11-20(24)25)21(26)23-18-9-10-27-19-8-4-2-6-16(18)19/h1-8,15,18H,9-13H2,(H,23,26)/t15-,18+/m1/s1. The van der Waals surface area contributed by atoms with Crippen LogP contribution >= 0.6 is 23.4 Å². The van der Waals surface area contributed by atoms with E-state index in [1.54, 1.807) is 4.90 Å². The van der Waals surface area contributed by atoms with Crippen LogP contribution < -0.4 is 5.32 Å². The van der Waals surface area contributed by atoms with Crippen molar-refractivity contribution in [3.05, 3.63) is 64.7 Å². The third-order valence-electron chi connectivity index (χ3n) is 5.18. The molecule has 0 unspecified atom stereocenters. The summed E-state index contributed by atoms with van der Waals surface area (Å²) >= 11 is 8.04. The molecular weight excluding hydrogens is 380 g/mol. The Kier molecular flexibility index (Phi) is 5.41. The number of carbonyl (C=O) groups is 2. The van der Waals surface area contributed by atoms with Gasteiger partial charge in [-0.1, -0.05) is 48.0 Å². The van der Waals surface area contributed by atoms with Crippen molar-refractivity contribution >= 4 is 35.2 Å². The highest BCUT2D eigenvalue weighted by Gasteiger charge is 2.35. The minimum atomic E-state index is -0.304. The Morgan fingerprint density at radius 3 is 2.81 bits per heavy atom. The molecule has 0 bridgehead atoms. The van der Waals surface area contributed by atoms with E-state index in [-0.39, 0.29) is 30.2 Å². The van der Waals surface area contributed by atoms with Crippen LogP contribution in [0.3, 0.4) is 0 Å². The summed E-state index contributed by atoms with van der Waals surface area (Å²) in [5, 5.41) is 3.82. The molecule has 0 radical (unpaired) electrons. The maximum absolute atomic E-state index is 12.8. The number of likely N-dealkylation sites (tertiary alicyclic amines) is 1. The van der Waals surface area contributed by atoms with E-state index in [2.05, 4.69) is 17.4 Å². The van der Waals surface area contributed by atoms with E-state index in [0.29, 0.717) is 18.1 Å². The molecule has 0 saturated carbocycles. The highest BCUT2D eigenvalue weighted by atomic mass is 35.5. The number of nitrogens with zero attached hydrogens (tertiary/aromatic N) is 1. The first kappa shape index (κ1) is 18.4. The first-order chi connectivity index (χ1) is 13.1. The van der Waals surface area contributed by atoms with Gasteiger partial charge in [-0.3, -0.25) is 9.59 Å². The largest absolute Gasteiger partial charge is 0.349 e. The zero-order chi connectivity index (χ0) is 18.8. The number of thioether (sulfide) groups is 1. The molecule has 0 aliphatic carbocycles. The van der Waals surface area contributed by atoms with Gasteiger partial charge in [0.15, 0.2) is 0 Å². The van der Waals surface area contributed by atoms with Gasteiger partial charge >= 0.3 is 0 Å². The van der Waals surface area contributed by atoms with Crippen LogP contribution in [0.1, 0.15) is 30.0 Å². The zero-order valence-electron chi connectivity index (χ0n) is 14.9. The van der Waals surface area contributed by atoms with Gasteiger partial charge in [0.2, 0.25) is 11.8 Å². The summed E-state index contributed by atoms with van der Waals surface area (Å²) in [5.41, 5.74) is 2.09. The van der Waals surface area contributed by atoms with Gasteiger partial charge in [0, 0.05) is 35.2 Å². The fourth-order valence-corrected chi connectivity index (χ4v) is 5.04. The number of hydrogen-bond donors (Lipinski definition) is 1. The molecule has 0 aromatic heterocycles. The van der Waals surface area contributed by atoms with Crippen LogP contribution in [0.15, 0.2) is 53.4 Å². The number of nitrogens with one attached hydrogen (secondary N) is 1. The van der Waals surface area contributed by atoms with Crippen molar-refractivity contribution in [2.75, 3.05) is 12.3 Å². The Bertz CT molecular complexity index is 873. The predicted molar refractivity (Wildman–Crippen MR) is 108 cm³/mol. The van der Waals surface area contributed by atoms with Crippen LogP contribution in [0.2, 0.25) is 5.02 Å². The number of fused-ring (bicyclic) bond motifs is 1. The third-order valence-corrected chi connectivity index (χ3v) is 6.67. The number of amides is 2. The fraction of sp³-hybridized carbons (Fsp3) is 0.333. The lowest BCUT2D eigenvalue weighted by Gasteiger charge is -2.27. The number of hydrogen-bond acceptors (Lipinski definition) is 3. The smallest absolute Gasteiger partial charge is 0.225 e. The van der Waals surface area contributed by atoms with E-state index >= 15 is 0 Å². The van der Waals surface area contributed by atoms with Crippen LogP contribution in [0.25, 0.3) is 0 Å². The van der Waals surface area contributed by atoms with Crippen molar-refractivity contribution in [2.24, 2.45) is 5.92 Å². The lowest BCUT2D eigenvalue weighted by atomic mass is 10.0. The number of carbonyl (C=O) groups excluding carboxylic acids is 2. The van der Waals surface area contributed by atoms with Gasteiger partial charge in [-0.15, -0.1) is 11.8 Å². The summed E-state index contributed by atoms with van der Waals surface area (Å²) in [6, 6.07) is 15.8. The monoisotopic (exact) mass is 400 g/mol. The summed E-state index contributed by atoms with van der Waals surface area (Å²) in [4.78, 5) is 28.2. The molecule has 2 amide bonds. The van der Waals surface area contributed by atoms with Crippen molar-refractivity contribution in [3.8, 4) is 0 Å². The Balaban J connectivity index is 1.41. The second-order valence-electron chi connectivity index (χ2n) is 7.00. The summed E-state index contributed by atoms with van der Waals surface area (Å²) in [5.74, 6) is 0.664. The minimum Gasteiger partial charge on any atom is -0.349 e. The van der Waals surface area contributed by atoms with E-state index in [0.717, 1.165) is 17.7 Å². The van der Waals surface area contributed by atoms with Crippen LogP contribution in [0, 0.1) is 5.92 Å². The molecule has 2 aromatic rings. The Hall–Kier alpha value is -1.98. The number of benzene rings is 2. The topological polar surface area (TPSA) is 49.4 Å². The summed E-state index contributed by atoms with van der Waals surface area (Å²) in [6.45, 7) is 0.893. The van der Waals surface area contributed by atoms with Gasteiger partial charge in [-0.25, -0.2) is 0 Å². The van der Waals surface area contributed by atoms with Crippen molar-refractivity contribution in [3.63, 3.8) is 0 Å². The van der Waals surface area contributed by atoms with Crippen LogP contribution in [-0.4, -0.2) is 29.0 Å². The van der Waals surface area contributed by atoms with E-state index in [1.165, 1.54) is 10.5 Å². The lowest BCUT2D eigenvalue weighted by molar-refractivity contribution is -0.129. The van der Waals surface area contributed by atoms with Crippen molar-refractivity contribution in [1.29, 1.82) is 0 Å². The van der Waals surface area contributed by atoms with E-state index in [1.807, 2.05) is 48.2 Å². The molecule has 140 valence electrons. The molecule has 27 heavy (non-hydrogen) atoms. The maximum atomic E-state index is 12.8. The van der Waals surface area contributed by atoms with E-state index in [4.69, 9.17) is 11.6 Å². The maximum Gasteiger partial charge on any atom is 0.225 e. The molecule has 6 heteroatoms. The second-order valence-corrected chi connectivity index (χ2v) is 8.55. The number of halogens is 1. The highest BCUT2D eigenvalue weighted by molar-refractivity contribution is 7.99. The summed E-state index contributed by atoms with van der Waals surface area (Å²) < 4.78 is 0. The van der Waals surface area contributed by atoms with Gasteiger partial charge in [0.05, 0.1) is 12.0 Å². The fourth-order valence-electron chi connectivity index (χ4n) is 3.71. The molecule has 4 nitrogen and oxygen atoms in total. The third kappa shape index (κ3) is 3.99. The molecule has 2 heterocycles. The van der Waals surface area contributed by atoms with E-state index in [9.17, 15) is 9.59 Å². The normalized spacial score (nSPS) is 21.8. The Morgan fingerprint density at radius 2 is 1.96 bits per heavy atom. The molecular formula is C21H21ClN2O2S. The lowest BCUT2D eigenvalue weighted by Crippen LogP contribution is -2.36. The molecule has 2 aromatic carbocycles. The Labute approximate surface area is 168 Å². The molecule has 4 rings (SSSR count). The zero-order valence-corrected chi connectivity index (χ0v) is 16.4. The average Bonchev–Trinajstić information content (AvgIpc) is 3.05. The van der Waals surface area contributed by atoms with Gasteiger partial charge in [0.1, 0.15) is 0 Å². The molecule has 2 aliphatic rings. The van der Waals surface area contributed by atoms with Crippen molar-refractivity contribution in [1.82, 2.24) is 10.2 Å². The van der Waals surface area contributed by atoms with Gasteiger partial charge in [-0.2, -0.15) is 0 Å². The molecule has 2 aliphatic heterocycles.